The Kier molecular flexibility index (Phi) is 6.31. The number of amides is 1. The number of benzene rings is 1. The molecule has 1 aromatic carbocycles. The number of aromatic nitrogens is 4. The highest BCUT2D eigenvalue weighted by atomic mass is 35.5. The second-order valence-electron chi connectivity index (χ2n) is 6.60. The Morgan fingerprint density at radius 1 is 1.19 bits per heavy atom. The van der Waals surface area contributed by atoms with Gasteiger partial charge in [0, 0.05) is 11.9 Å². The van der Waals surface area contributed by atoms with Crippen LogP contribution in [0.3, 0.4) is 0 Å². The standard InChI is InChI=1S/C21H17Cl2N5O2S/c1-12-16(8-9-30-12)19-26-27-21(28(19)15-6-4-3-5-7-15)31-13(2)20(29)25-18-17(23)10-14(22)11-24-18/h3-11,13H,1-2H3,(H,24,25,29). The molecular formula is C21H17Cl2N5O2S. The first-order valence-electron chi connectivity index (χ1n) is 9.28. The Hall–Kier alpha value is -2.81. The van der Waals surface area contributed by atoms with Gasteiger partial charge in [0.05, 0.1) is 27.1 Å². The summed E-state index contributed by atoms with van der Waals surface area (Å²) in [5, 5.41) is 12.2. The quantitative estimate of drug-likeness (QED) is 0.363. The van der Waals surface area contributed by atoms with Crippen molar-refractivity contribution in [3.05, 3.63) is 70.7 Å². The highest BCUT2D eigenvalue weighted by Crippen LogP contribution is 2.32. The summed E-state index contributed by atoms with van der Waals surface area (Å²) in [6.07, 6.45) is 3.03. The summed E-state index contributed by atoms with van der Waals surface area (Å²) in [5.74, 6) is 1.35. The zero-order valence-corrected chi connectivity index (χ0v) is 18.9. The Morgan fingerprint density at radius 3 is 2.65 bits per heavy atom. The number of nitrogens with one attached hydrogen (secondary N) is 1. The Labute approximate surface area is 192 Å². The maximum atomic E-state index is 12.8. The lowest BCUT2D eigenvalue weighted by molar-refractivity contribution is -0.115. The van der Waals surface area contributed by atoms with Crippen molar-refractivity contribution in [3.8, 4) is 17.1 Å². The lowest BCUT2D eigenvalue weighted by atomic mass is 10.2. The predicted octanol–water partition coefficient (Wildman–Crippen LogP) is 5.66. The molecule has 0 radical (unpaired) electrons. The average Bonchev–Trinajstić information content (AvgIpc) is 3.36. The molecule has 0 aliphatic heterocycles. The Bertz CT molecular complexity index is 1230. The number of rotatable bonds is 6. The van der Waals surface area contributed by atoms with E-state index in [9.17, 15) is 4.79 Å². The van der Waals surface area contributed by atoms with E-state index in [-0.39, 0.29) is 16.7 Å². The molecule has 1 atom stereocenters. The molecular weight excluding hydrogens is 457 g/mol. The van der Waals surface area contributed by atoms with Crippen LogP contribution in [0.15, 0.2) is 64.5 Å². The van der Waals surface area contributed by atoms with Crippen molar-refractivity contribution in [3.63, 3.8) is 0 Å². The number of aryl methyl sites for hydroxylation is 1. The van der Waals surface area contributed by atoms with Gasteiger partial charge in [0.15, 0.2) is 16.8 Å². The third-order valence-electron chi connectivity index (χ3n) is 4.45. The van der Waals surface area contributed by atoms with Gasteiger partial charge in [0.25, 0.3) is 0 Å². The molecule has 10 heteroatoms. The summed E-state index contributed by atoms with van der Waals surface area (Å²) in [6, 6.07) is 13.1. The number of carbonyl (C=O) groups is 1. The summed E-state index contributed by atoms with van der Waals surface area (Å²) in [5.41, 5.74) is 1.71. The SMILES string of the molecule is Cc1occc1-c1nnc(SC(C)C(=O)Nc2ncc(Cl)cc2Cl)n1-c1ccccc1. The normalized spacial score (nSPS) is 12.0. The van der Waals surface area contributed by atoms with E-state index in [1.807, 2.05) is 47.9 Å². The Morgan fingerprint density at radius 2 is 1.97 bits per heavy atom. The minimum Gasteiger partial charge on any atom is -0.469 e. The third kappa shape index (κ3) is 4.61. The van der Waals surface area contributed by atoms with Crippen LogP contribution in [-0.2, 0) is 4.79 Å². The third-order valence-corrected chi connectivity index (χ3v) is 5.99. The minimum atomic E-state index is -0.501. The zero-order valence-electron chi connectivity index (χ0n) is 16.5. The molecule has 4 rings (SSSR count). The first-order chi connectivity index (χ1) is 14.9. The van der Waals surface area contributed by atoms with Gasteiger partial charge in [-0.1, -0.05) is 53.2 Å². The smallest absolute Gasteiger partial charge is 0.238 e. The summed E-state index contributed by atoms with van der Waals surface area (Å²) < 4.78 is 7.35. The molecule has 0 spiro atoms. The number of hydrogen-bond donors (Lipinski definition) is 1. The fourth-order valence-corrected chi connectivity index (χ4v) is 4.18. The van der Waals surface area contributed by atoms with Crippen LogP contribution >= 0.6 is 35.0 Å². The fourth-order valence-electron chi connectivity index (χ4n) is 2.88. The lowest BCUT2D eigenvalue weighted by Gasteiger charge is -2.14. The van der Waals surface area contributed by atoms with Gasteiger partial charge in [-0.2, -0.15) is 0 Å². The number of thioether (sulfide) groups is 1. The average molecular weight is 474 g/mol. The monoisotopic (exact) mass is 473 g/mol. The minimum absolute atomic E-state index is 0.253. The predicted molar refractivity (Wildman–Crippen MR) is 122 cm³/mol. The number of carbonyl (C=O) groups excluding carboxylic acids is 1. The molecule has 1 N–H and O–H groups in total. The summed E-state index contributed by atoms with van der Waals surface area (Å²) in [4.78, 5) is 16.8. The van der Waals surface area contributed by atoms with Gasteiger partial charge in [-0.25, -0.2) is 4.98 Å². The van der Waals surface area contributed by atoms with E-state index >= 15 is 0 Å². The van der Waals surface area contributed by atoms with Crippen LogP contribution in [0.25, 0.3) is 17.1 Å². The van der Waals surface area contributed by atoms with Gasteiger partial charge in [0.1, 0.15) is 5.76 Å². The maximum Gasteiger partial charge on any atom is 0.238 e. The maximum absolute atomic E-state index is 12.8. The number of furan rings is 1. The molecule has 0 saturated carbocycles. The van der Waals surface area contributed by atoms with E-state index in [0.29, 0.717) is 16.0 Å². The Balaban J connectivity index is 1.63. The summed E-state index contributed by atoms with van der Waals surface area (Å²) in [6.45, 7) is 3.64. The number of halogens is 2. The van der Waals surface area contributed by atoms with Crippen molar-refractivity contribution in [2.75, 3.05) is 5.32 Å². The summed E-state index contributed by atoms with van der Waals surface area (Å²) >= 11 is 13.3. The molecule has 31 heavy (non-hydrogen) atoms. The van der Waals surface area contributed by atoms with Gasteiger partial charge < -0.3 is 9.73 Å². The van der Waals surface area contributed by atoms with E-state index in [1.165, 1.54) is 24.0 Å². The van der Waals surface area contributed by atoms with Crippen molar-refractivity contribution in [2.45, 2.75) is 24.3 Å². The van der Waals surface area contributed by atoms with Gasteiger partial charge >= 0.3 is 0 Å². The van der Waals surface area contributed by atoms with Crippen LogP contribution in [0.2, 0.25) is 10.0 Å². The van der Waals surface area contributed by atoms with Crippen molar-refractivity contribution < 1.29 is 9.21 Å². The van der Waals surface area contributed by atoms with Gasteiger partial charge in [-0.15, -0.1) is 10.2 Å². The topological polar surface area (TPSA) is 85.8 Å². The second-order valence-corrected chi connectivity index (χ2v) is 8.75. The fraction of sp³-hybridized carbons (Fsp3) is 0.143. The van der Waals surface area contributed by atoms with Gasteiger partial charge in [0.2, 0.25) is 5.91 Å². The molecule has 3 heterocycles. The molecule has 0 saturated heterocycles. The van der Waals surface area contributed by atoms with E-state index in [0.717, 1.165) is 17.0 Å². The number of anilines is 1. The molecule has 1 amide bonds. The molecule has 0 bridgehead atoms. The first kappa shape index (κ1) is 21.4. The van der Waals surface area contributed by atoms with E-state index < -0.39 is 5.25 Å². The summed E-state index contributed by atoms with van der Waals surface area (Å²) in [7, 11) is 0. The van der Waals surface area contributed by atoms with E-state index in [2.05, 4.69) is 20.5 Å². The lowest BCUT2D eigenvalue weighted by Crippen LogP contribution is -2.23. The number of para-hydroxylation sites is 1. The number of hydrogen-bond acceptors (Lipinski definition) is 6. The van der Waals surface area contributed by atoms with Gasteiger partial charge in [-0.3, -0.25) is 9.36 Å². The largest absolute Gasteiger partial charge is 0.469 e. The van der Waals surface area contributed by atoms with Crippen LogP contribution in [0.5, 0.6) is 0 Å². The van der Waals surface area contributed by atoms with Crippen LogP contribution in [-0.4, -0.2) is 30.9 Å². The van der Waals surface area contributed by atoms with Crippen molar-refractivity contribution >= 4 is 46.7 Å². The molecule has 3 aromatic heterocycles. The van der Waals surface area contributed by atoms with Crippen LogP contribution in [0.1, 0.15) is 12.7 Å². The van der Waals surface area contributed by atoms with E-state index in [4.69, 9.17) is 27.6 Å². The number of pyridine rings is 1. The first-order valence-corrected chi connectivity index (χ1v) is 10.9. The van der Waals surface area contributed by atoms with Gasteiger partial charge in [-0.05, 0) is 38.1 Å². The van der Waals surface area contributed by atoms with E-state index in [1.54, 1.807) is 13.2 Å². The molecule has 0 fully saturated rings. The molecule has 0 aliphatic carbocycles. The molecule has 7 nitrogen and oxygen atoms in total. The zero-order chi connectivity index (χ0) is 22.0. The van der Waals surface area contributed by atoms with Crippen molar-refractivity contribution in [2.24, 2.45) is 0 Å². The highest BCUT2D eigenvalue weighted by Gasteiger charge is 2.23. The molecule has 1 unspecified atom stereocenters. The molecule has 4 aromatic rings. The highest BCUT2D eigenvalue weighted by molar-refractivity contribution is 8.00. The second kappa shape index (κ2) is 9.13. The number of nitrogens with zero attached hydrogens (tertiary/aromatic N) is 4. The van der Waals surface area contributed by atoms with Crippen LogP contribution in [0, 0.1) is 6.92 Å². The molecule has 0 aliphatic rings. The van der Waals surface area contributed by atoms with Crippen LogP contribution in [0.4, 0.5) is 5.82 Å². The van der Waals surface area contributed by atoms with Crippen molar-refractivity contribution in [1.82, 2.24) is 19.7 Å². The van der Waals surface area contributed by atoms with Crippen molar-refractivity contribution in [1.29, 1.82) is 0 Å². The molecule has 158 valence electrons. The van der Waals surface area contributed by atoms with Crippen LogP contribution < -0.4 is 5.32 Å².